The van der Waals surface area contributed by atoms with Crippen molar-refractivity contribution in [3.63, 3.8) is 0 Å². The van der Waals surface area contributed by atoms with E-state index < -0.39 is 5.41 Å². The summed E-state index contributed by atoms with van der Waals surface area (Å²) in [6.07, 6.45) is 2.62. The first kappa shape index (κ1) is 13.9. The lowest BCUT2D eigenvalue weighted by Gasteiger charge is -2.32. The van der Waals surface area contributed by atoms with Crippen LogP contribution < -0.4 is 0 Å². The number of aryl methyl sites for hydroxylation is 2. The molecule has 6 heteroatoms. The van der Waals surface area contributed by atoms with Gasteiger partial charge >= 0.3 is 0 Å². The van der Waals surface area contributed by atoms with Crippen molar-refractivity contribution in [1.82, 2.24) is 15.0 Å². The summed E-state index contributed by atoms with van der Waals surface area (Å²) in [5.74, 6) is 0.134. The van der Waals surface area contributed by atoms with Crippen LogP contribution in [0.2, 0.25) is 5.15 Å². The fourth-order valence-corrected chi connectivity index (χ4v) is 3.04. The van der Waals surface area contributed by atoms with E-state index in [1.807, 2.05) is 6.92 Å². The van der Waals surface area contributed by atoms with Crippen molar-refractivity contribution in [2.24, 2.45) is 0 Å². The van der Waals surface area contributed by atoms with Gasteiger partial charge in [0.25, 0.3) is 0 Å². The predicted octanol–water partition coefficient (Wildman–Crippen LogP) is 2.63. The highest BCUT2D eigenvalue weighted by molar-refractivity contribution is 6.29. The van der Waals surface area contributed by atoms with Gasteiger partial charge in [0, 0.05) is 17.8 Å². The normalized spacial score (nSPS) is 21.2. The Kier molecular flexibility index (Phi) is 3.17. The SMILES string of the molecule is Cc1cc(Cl)nc2c1C(=O)C(C)(c1nccc(O)n1)CC2. The molecule has 3 rings (SSSR count). The van der Waals surface area contributed by atoms with Crippen LogP contribution in [0.3, 0.4) is 0 Å². The van der Waals surface area contributed by atoms with Crippen molar-refractivity contribution in [2.75, 3.05) is 0 Å². The first-order valence-electron chi connectivity index (χ1n) is 6.65. The van der Waals surface area contributed by atoms with Gasteiger partial charge in [-0.3, -0.25) is 4.79 Å². The number of fused-ring (bicyclic) bond motifs is 1. The van der Waals surface area contributed by atoms with Crippen molar-refractivity contribution in [2.45, 2.75) is 32.1 Å². The first-order valence-corrected chi connectivity index (χ1v) is 7.03. The number of Topliss-reactive ketones (excluding diaryl/α,β-unsaturated/α-hetero) is 1. The third-order valence-electron chi connectivity index (χ3n) is 3.98. The molecule has 1 N–H and O–H groups in total. The van der Waals surface area contributed by atoms with E-state index in [9.17, 15) is 9.90 Å². The minimum atomic E-state index is -0.855. The minimum absolute atomic E-state index is 0.0731. The van der Waals surface area contributed by atoms with Crippen molar-refractivity contribution in [3.8, 4) is 5.88 Å². The fourth-order valence-electron chi connectivity index (χ4n) is 2.77. The van der Waals surface area contributed by atoms with Gasteiger partial charge in [0.1, 0.15) is 11.0 Å². The Balaban J connectivity index is 2.14. The number of rotatable bonds is 1. The van der Waals surface area contributed by atoms with Gasteiger partial charge in [-0.1, -0.05) is 11.6 Å². The molecule has 0 aliphatic heterocycles. The lowest BCUT2D eigenvalue weighted by molar-refractivity contribution is 0.0865. The number of pyridine rings is 1. The van der Waals surface area contributed by atoms with Crippen molar-refractivity contribution < 1.29 is 9.90 Å². The first-order chi connectivity index (χ1) is 9.91. The molecule has 0 radical (unpaired) electrons. The van der Waals surface area contributed by atoms with Crippen LogP contribution in [-0.2, 0) is 11.8 Å². The van der Waals surface area contributed by atoms with Gasteiger partial charge in [-0.2, -0.15) is 4.98 Å². The van der Waals surface area contributed by atoms with E-state index in [1.165, 1.54) is 12.3 Å². The van der Waals surface area contributed by atoms with E-state index in [0.717, 1.165) is 11.3 Å². The zero-order valence-electron chi connectivity index (χ0n) is 11.7. The highest BCUT2D eigenvalue weighted by Crippen LogP contribution is 2.38. The van der Waals surface area contributed by atoms with Crippen molar-refractivity contribution in [1.29, 1.82) is 0 Å². The molecule has 108 valence electrons. The van der Waals surface area contributed by atoms with E-state index in [1.54, 1.807) is 13.0 Å². The smallest absolute Gasteiger partial charge is 0.214 e. The van der Waals surface area contributed by atoms with E-state index in [4.69, 9.17) is 11.6 Å². The second kappa shape index (κ2) is 4.77. The number of hydrogen-bond donors (Lipinski definition) is 1. The van der Waals surface area contributed by atoms with Crippen molar-refractivity contribution in [3.05, 3.63) is 46.1 Å². The van der Waals surface area contributed by atoms with Gasteiger partial charge in [0.15, 0.2) is 5.78 Å². The molecule has 0 aromatic carbocycles. The maximum Gasteiger partial charge on any atom is 0.214 e. The molecule has 1 aliphatic carbocycles. The minimum Gasteiger partial charge on any atom is -0.493 e. The molecular weight excluding hydrogens is 290 g/mol. The molecule has 0 fully saturated rings. The van der Waals surface area contributed by atoms with Gasteiger partial charge in [-0.15, -0.1) is 0 Å². The van der Waals surface area contributed by atoms with Gasteiger partial charge in [0.2, 0.25) is 5.88 Å². The highest BCUT2D eigenvalue weighted by atomic mass is 35.5. The number of nitrogens with zero attached hydrogens (tertiary/aromatic N) is 3. The lowest BCUT2D eigenvalue weighted by Crippen LogP contribution is -2.39. The number of aromatic hydroxyl groups is 1. The van der Waals surface area contributed by atoms with Crippen LogP contribution in [0, 0.1) is 6.92 Å². The van der Waals surface area contributed by atoms with Crippen LogP contribution >= 0.6 is 11.6 Å². The molecule has 2 aromatic heterocycles. The Morgan fingerprint density at radius 1 is 1.38 bits per heavy atom. The molecule has 5 nitrogen and oxygen atoms in total. The van der Waals surface area contributed by atoms with Gasteiger partial charge in [0.05, 0.1) is 11.1 Å². The molecule has 0 spiro atoms. The zero-order chi connectivity index (χ0) is 15.2. The lowest BCUT2D eigenvalue weighted by atomic mass is 9.71. The topological polar surface area (TPSA) is 76.0 Å². The summed E-state index contributed by atoms with van der Waals surface area (Å²) in [4.78, 5) is 25.4. The Bertz CT molecular complexity index is 748. The van der Waals surface area contributed by atoms with Crippen molar-refractivity contribution >= 4 is 17.4 Å². The van der Waals surface area contributed by atoms with Gasteiger partial charge in [-0.25, -0.2) is 9.97 Å². The monoisotopic (exact) mass is 303 g/mol. The molecule has 0 saturated carbocycles. The molecule has 0 bridgehead atoms. The number of carbonyl (C=O) groups is 1. The molecule has 0 amide bonds. The Hall–Kier alpha value is -2.01. The summed E-state index contributed by atoms with van der Waals surface area (Å²) < 4.78 is 0. The van der Waals surface area contributed by atoms with E-state index >= 15 is 0 Å². The molecule has 0 saturated heterocycles. The molecule has 1 aliphatic rings. The van der Waals surface area contributed by atoms with Gasteiger partial charge in [-0.05, 0) is 38.3 Å². The summed E-state index contributed by atoms with van der Waals surface area (Å²) >= 11 is 5.96. The molecule has 2 heterocycles. The Morgan fingerprint density at radius 2 is 2.14 bits per heavy atom. The molecule has 21 heavy (non-hydrogen) atoms. The summed E-state index contributed by atoms with van der Waals surface area (Å²) in [5, 5.41) is 9.94. The van der Waals surface area contributed by atoms with Crippen LogP contribution in [-0.4, -0.2) is 25.8 Å². The standard InChI is InChI=1S/C15H14ClN3O2/c1-8-7-10(16)18-9-3-5-15(2,13(21)12(8)9)14-17-6-4-11(20)19-14/h4,6-7H,3,5H2,1-2H3,(H,17,19,20). The Labute approximate surface area is 127 Å². The highest BCUT2D eigenvalue weighted by Gasteiger charge is 2.43. The van der Waals surface area contributed by atoms with Crippen LogP contribution in [0.4, 0.5) is 0 Å². The average Bonchev–Trinajstić information content (AvgIpc) is 2.42. The molecule has 2 aromatic rings. The number of hydrogen-bond acceptors (Lipinski definition) is 5. The molecule has 1 atom stereocenters. The third kappa shape index (κ3) is 2.17. The second-order valence-electron chi connectivity index (χ2n) is 5.48. The van der Waals surface area contributed by atoms with Crippen LogP contribution in [0.15, 0.2) is 18.3 Å². The number of carbonyl (C=O) groups excluding carboxylic acids is 1. The zero-order valence-corrected chi connectivity index (χ0v) is 12.5. The summed E-state index contributed by atoms with van der Waals surface area (Å²) in [6.45, 7) is 3.65. The fraction of sp³-hybridized carbons (Fsp3) is 0.333. The molecular formula is C15H14ClN3O2. The summed E-state index contributed by atoms with van der Waals surface area (Å²) in [5.41, 5.74) is 1.27. The van der Waals surface area contributed by atoms with E-state index in [0.29, 0.717) is 29.4 Å². The van der Waals surface area contributed by atoms with E-state index in [2.05, 4.69) is 15.0 Å². The van der Waals surface area contributed by atoms with Crippen LogP contribution in [0.25, 0.3) is 0 Å². The predicted molar refractivity (Wildman–Crippen MR) is 77.7 cm³/mol. The maximum absolute atomic E-state index is 12.9. The summed E-state index contributed by atoms with van der Waals surface area (Å²) in [6, 6.07) is 3.08. The second-order valence-corrected chi connectivity index (χ2v) is 5.87. The average molecular weight is 304 g/mol. The van der Waals surface area contributed by atoms with Crippen LogP contribution in [0.1, 0.15) is 40.8 Å². The summed E-state index contributed by atoms with van der Waals surface area (Å²) in [7, 11) is 0. The largest absolute Gasteiger partial charge is 0.493 e. The maximum atomic E-state index is 12.9. The van der Waals surface area contributed by atoms with Gasteiger partial charge < -0.3 is 5.11 Å². The number of ketones is 1. The molecule has 1 unspecified atom stereocenters. The quantitative estimate of drug-likeness (QED) is 0.820. The van der Waals surface area contributed by atoms with Crippen LogP contribution in [0.5, 0.6) is 5.88 Å². The number of halogens is 1. The third-order valence-corrected chi connectivity index (χ3v) is 4.18. The Morgan fingerprint density at radius 3 is 2.86 bits per heavy atom. The van der Waals surface area contributed by atoms with E-state index in [-0.39, 0.29) is 11.7 Å². The number of aromatic nitrogens is 3.